The lowest BCUT2D eigenvalue weighted by molar-refractivity contribution is -0.870. The van der Waals surface area contributed by atoms with Gasteiger partial charge in [-0.25, -0.2) is 4.98 Å². The highest BCUT2D eigenvalue weighted by atomic mass is 35.5. The minimum Gasteiger partial charge on any atom is -0.335 e. The summed E-state index contributed by atoms with van der Waals surface area (Å²) in [6.45, 7) is 6.07. The van der Waals surface area contributed by atoms with E-state index in [2.05, 4.69) is 35.0 Å². The molecule has 4 nitrogen and oxygen atoms in total. The van der Waals surface area contributed by atoms with Gasteiger partial charge in [0.1, 0.15) is 5.69 Å². The zero-order valence-electron chi connectivity index (χ0n) is 19.9. The molecule has 0 saturated heterocycles. The Morgan fingerprint density at radius 2 is 1.75 bits per heavy atom. The van der Waals surface area contributed by atoms with Crippen molar-refractivity contribution in [2.75, 3.05) is 34.2 Å². The van der Waals surface area contributed by atoms with Crippen molar-refractivity contribution in [1.29, 1.82) is 0 Å². The first-order chi connectivity index (χ1) is 15.2. The molecule has 0 bridgehead atoms. The first-order valence-electron chi connectivity index (χ1n) is 11.5. The number of unbranched alkanes of at least 4 members (excludes halogenated alkanes) is 1. The molecule has 170 valence electrons. The minimum absolute atomic E-state index is 0.0105. The van der Waals surface area contributed by atoms with Crippen LogP contribution in [0.25, 0.3) is 22.0 Å². The standard InChI is InChI=1S/C27H35ClN3O/c1-6-20(2)30(17-11-12-18-31(3,4)5)27(32)25-19-21-13-7-8-14-22(21)26(29-25)23-15-9-10-16-24(23)28/h7-10,13-16,19-20H,6,11-12,17-18H2,1-5H3/q+1/t20-/m1/s1. The molecule has 0 aliphatic rings. The van der Waals surface area contributed by atoms with E-state index in [0.717, 1.165) is 58.9 Å². The van der Waals surface area contributed by atoms with Crippen molar-refractivity contribution in [3.05, 3.63) is 65.3 Å². The van der Waals surface area contributed by atoms with Gasteiger partial charge < -0.3 is 9.38 Å². The highest BCUT2D eigenvalue weighted by molar-refractivity contribution is 6.33. The predicted molar refractivity (Wildman–Crippen MR) is 135 cm³/mol. The number of benzene rings is 2. The maximum Gasteiger partial charge on any atom is 0.272 e. The van der Waals surface area contributed by atoms with Crippen molar-refractivity contribution >= 4 is 28.3 Å². The van der Waals surface area contributed by atoms with Gasteiger partial charge in [-0.1, -0.05) is 61.0 Å². The van der Waals surface area contributed by atoms with Gasteiger partial charge in [0.05, 0.1) is 33.4 Å². The van der Waals surface area contributed by atoms with Crippen LogP contribution in [0.3, 0.4) is 0 Å². The third-order valence-electron chi connectivity index (χ3n) is 5.95. The topological polar surface area (TPSA) is 33.2 Å². The fourth-order valence-corrected chi connectivity index (χ4v) is 4.15. The van der Waals surface area contributed by atoms with E-state index in [1.807, 2.05) is 59.5 Å². The molecule has 3 aromatic rings. The second kappa shape index (κ2) is 10.5. The number of nitrogens with zero attached hydrogens (tertiary/aromatic N) is 3. The van der Waals surface area contributed by atoms with Crippen LogP contribution < -0.4 is 0 Å². The molecular weight excluding hydrogens is 418 g/mol. The average Bonchev–Trinajstić information content (AvgIpc) is 2.77. The highest BCUT2D eigenvalue weighted by Gasteiger charge is 2.23. The summed E-state index contributed by atoms with van der Waals surface area (Å²) >= 11 is 6.51. The summed E-state index contributed by atoms with van der Waals surface area (Å²) in [4.78, 5) is 20.5. The summed E-state index contributed by atoms with van der Waals surface area (Å²) in [7, 11) is 6.60. The van der Waals surface area contributed by atoms with E-state index in [4.69, 9.17) is 16.6 Å². The van der Waals surface area contributed by atoms with E-state index in [1.54, 1.807) is 0 Å². The van der Waals surface area contributed by atoms with Crippen LogP contribution in [-0.2, 0) is 0 Å². The fourth-order valence-electron chi connectivity index (χ4n) is 3.92. The normalized spacial score (nSPS) is 12.7. The van der Waals surface area contributed by atoms with Gasteiger partial charge in [0.15, 0.2) is 0 Å². The van der Waals surface area contributed by atoms with Crippen LogP contribution in [0.1, 0.15) is 43.6 Å². The molecule has 0 fully saturated rings. The van der Waals surface area contributed by atoms with Gasteiger partial charge in [-0.2, -0.15) is 0 Å². The molecule has 3 rings (SSSR count). The summed E-state index contributed by atoms with van der Waals surface area (Å²) in [5.41, 5.74) is 2.08. The van der Waals surface area contributed by atoms with Crippen molar-refractivity contribution in [1.82, 2.24) is 9.88 Å². The lowest BCUT2D eigenvalue weighted by atomic mass is 10.0. The number of hydrogen-bond acceptors (Lipinski definition) is 2. The Bertz CT molecular complexity index is 1070. The van der Waals surface area contributed by atoms with Crippen LogP contribution in [0.15, 0.2) is 54.6 Å². The van der Waals surface area contributed by atoms with Crippen LogP contribution >= 0.6 is 11.6 Å². The van der Waals surface area contributed by atoms with E-state index >= 15 is 0 Å². The van der Waals surface area contributed by atoms with Gasteiger partial charge in [0.2, 0.25) is 0 Å². The monoisotopic (exact) mass is 452 g/mol. The largest absolute Gasteiger partial charge is 0.335 e. The Labute approximate surface area is 197 Å². The van der Waals surface area contributed by atoms with Crippen molar-refractivity contribution in [3.8, 4) is 11.3 Å². The van der Waals surface area contributed by atoms with Gasteiger partial charge in [0, 0.05) is 28.6 Å². The summed E-state index contributed by atoms with van der Waals surface area (Å²) in [5.74, 6) is -0.0105. The Balaban J connectivity index is 1.97. The molecule has 1 amide bonds. The number of carbonyl (C=O) groups is 1. The number of pyridine rings is 1. The zero-order valence-corrected chi connectivity index (χ0v) is 20.7. The number of aromatic nitrogens is 1. The van der Waals surface area contributed by atoms with Gasteiger partial charge in [-0.3, -0.25) is 4.79 Å². The number of fused-ring (bicyclic) bond motifs is 1. The Morgan fingerprint density at radius 3 is 2.44 bits per heavy atom. The molecule has 1 heterocycles. The van der Waals surface area contributed by atoms with Gasteiger partial charge in [-0.15, -0.1) is 0 Å². The molecule has 0 spiro atoms. The quantitative estimate of drug-likeness (QED) is 0.282. The number of halogens is 1. The first-order valence-corrected chi connectivity index (χ1v) is 11.8. The van der Waals surface area contributed by atoms with Crippen LogP contribution in [0.5, 0.6) is 0 Å². The third kappa shape index (κ3) is 5.87. The minimum atomic E-state index is -0.0105. The fraction of sp³-hybridized carbons (Fsp3) is 0.407. The second-order valence-corrected chi connectivity index (χ2v) is 9.94. The number of quaternary nitrogens is 1. The number of rotatable bonds is 9. The molecule has 0 aliphatic carbocycles. The van der Waals surface area contributed by atoms with Gasteiger partial charge in [-0.05, 0) is 43.7 Å². The number of amides is 1. The predicted octanol–water partition coefficient (Wildman–Crippen LogP) is 6.28. The van der Waals surface area contributed by atoms with Crippen molar-refractivity contribution in [2.24, 2.45) is 0 Å². The Kier molecular flexibility index (Phi) is 7.91. The lowest BCUT2D eigenvalue weighted by Crippen LogP contribution is -2.40. The molecule has 0 radical (unpaired) electrons. The summed E-state index contributed by atoms with van der Waals surface area (Å²) < 4.78 is 0.935. The molecule has 0 aliphatic heterocycles. The maximum absolute atomic E-state index is 13.7. The number of hydrogen-bond donors (Lipinski definition) is 0. The maximum atomic E-state index is 13.7. The van der Waals surface area contributed by atoms with Crippen molar-refractivity contribution in [2.45, 2.75) is 39.2 Å². The van der Waals surface area contributed by atoms with Crippen LogP contribution in [0.2, 0.25) is 5.02 Å². The Hall–Kier alpha value is -2.43. The highest BCUT2D eigenvalue weighted by Crippen LogP contribution is 2.32. The zero-order chi connectivity index (χ0) is 23.3. The van der Waals surface area contributed by atoms with E-state index in [0.29, 0.717) is 10.7 Å². The van der Waals surface area contributed by atoms with E-state index in [9.17, 15) is 4.79 Å². The molecular formula is C27H35ClN3O+. The average molecular weight is 453 g/mol. The van der Waals surface area contributed by atoms with E-state index < -0.39 is 0 Å². The van der Waals surface area contributed by atoms with Crippen LogP contribution in [0, 0.1) is 0 Å². The van der Waals surface area contributed by atoms with Crippen molar-refractivity contribution < 1.29 is 9.28 Å². The van der Waals surface area contributed by atoms with Crippen molar-refractivity contribution in [3.63, 3.8) is 0 Å². The first kappa shape index (κ1) is 24.2. The molecule has 0 unspecified atom stereocenters. The summed E-state index contributed by atoms with van der Waals surface area (Å²) in [5, 5.41) is 2.62. The lowest BCUT2D eigenvalue weighted by Gasteiger charge is -2.29. The summed E-state index contributed by atoms with van der Waals surface area (Å²) in [6.07, 6.45) is 2.97. The number of carbonyl (C=O) groups excluding carboxylic acids is 1. The molecule has 0 N–H and O–H groups in total. The molecule has 1 atom stereocenters. The molecule has 2 aromatic carbocycles. The molecule has 0 saturated carbocycles. The van der Waals surface area contributed by atoms with E-state index in [1.165, 1.54) is 0 Å². The van der Waals surface area contributed by atoms with Crippen LogP contribution in [0.4, 0.5) is 0 Å². The summed E-state index contributed by atoms with van der Waals surface area (Å²) in [6, 6.07) is 17.8. The smallest absolute Gasteiger partial charge is 0.272 e. The van der Waals surface area contributed by atoms with E-state index in [-0.39, 0.29) is 11.9 Å². The molecule has 5 heteroatoms. The molecule has 32 heavy (non-hydrogen) atoms. The SMILES string of the molecule is CC[C@@H](C)N(CCCC[N+](C)(C)C)C(=O)c1cc2ccccc2c(-c2ccccc2Cl)n1. The second-order valence-electron chi connectivity index (χ2n) is 9.53. The van der Waals surface area contributed by atoms with Crippen LogP contribution in [-0.4, -0.2) is 60.5 Å². The Morgan fingerprint density at radius 1 is 1.06 bits per heavy atom. The van der Waals surface area contributed by atoms with Gasteiger partial charge >= 0.3 is 0 Å². The molecule has 1 aromatic heterocycles. The third-order valence-corrected chi connectivity index (χ3v) is 6.28. The van der Waals surface area contributed by atoms with Gasteiger partial charge in [0.25, 0.3) is 5.91 Å².